The topological polar surface area (TPSA) is 65.5 Å². The van der Waals surface area contributed by atoms with Gasteiger partial charge in [-0.05, 0) is 56.7 Å². The standard InChI is InChI=1S/C24H32N4O2S/c1-3-20-16-31-22(25-20)19-7-5-11-28(15-19)23(29)18-9-12-27(13-10-18)24(30)26-21-8-4-6-17(2)14-21/h4,6,8,14,16,18-19H,3,5,7,9-13,15H2,1-2H3,(H,26,30). The van der Waals surface area contributed by atoms with Crippen LogP contribution in [0.15, 0.2) is 29.6 Å². The zero-order valence-electron chi connectivity index (χ0n) is 18.5. The monoisotopic (exact) mass is 440 g/mol. The van der Waals surface area contributed by atoms with Gasteiger partial charge in [0.05, 0.1) is 10.7 Å². The minimum Gasteiger partial charge on any atom is -0.342 e. The molecule has 0 aliphatic carbocycles. The zero-order valence-corrected chi connectivity index (χ0v) is 19.3. The molecule has 166 valence electrons. The summed E-state index contributed by atoms with van der Waals surface area (Å²) in [4.78, 5) is 34.4. The summed E-state index contributed by atoms with van der Waals surface area (Å²) in [6, 6.07) is 7.74. The van der Waals surface area contributed by atoms with Crippen molar-refractivity contribution in [3.05, 3.63) is 45.9 Å². The number of aryl methyl sites for hydroxylation is 2. The van der Waals surface area contributed by atoms with Gasteiger partial charge in [0.2, 0.25) is 5.91 Å². The van der Waals surface area contributed by atoms with Crippen molar-refractivity contribution in [2.45, 2.75) is 51.9 Å². The second-order valence-electron chi connectivity index (χ2n) is 8.71. The van der Waals surface area contributed by atoms with Gasteiger partial charge in [0.25, 0.3) is 0 Å². The van der Waals surface area contributed by atoms with Crippen LogP contribution in [-0.2, 0) is 11.2 Å². The fraction of sp³-hybridized carbons (Fsp3) is 0.542. The fourth-order valence-corrected chi connectivity index (χ4v) is 5.60. The van der Waals surface area contributed by atoms with Gasteiger partial charge in [-0.25, -0.2) is 9.78 Å². The lowest BCUT2D eigenvalue weighted by Gasteiger charge is -2.37. The Morgan fingerprint density at radius 1 is 1.16 bits per heavy atom. The number of benzene rings is 1. The highest BCUT2D eigenvalue weighted by atomic mass is 32.1. The summed E-state index contributed by atoms with van der Waals surface area (Å²) >= 11 is 1.73. The lowest BCUT2D eigenvalue weighted by molar-refractivity contribution is -0.138. The van der Waals surface area contributed by atoms with Crippen LogP contribution in [0.2, 0.25) is 0 Å². The predicted octanol–water partition coefficient (Wildman–Crippen LogP) is 4.66. The van der Waals surface area contributed by atoms with Crippen LogP contribution in [0.4, 0.5) is 10.5 Å². The Bertz CT molecular complexity index is 920. The van der Waals surface area contributed by atoms with Gasteiger partial charge in [0, 0.05) is 49.1 Å². The SMILES string of the molecule is CCc1csc(C2CCCN(C(=O)C3CCN(C(=O)Nc4cccc(C)c4)CC3)C2)n1. The summed E-state index contributed by atoms with van der Waals surface area (Å²) in [7, 11) is 0. The van der Waals surface area contributed by atoms with Crippen molar-refractivity contribution >= 4 is 29.0 Å². The molecular formula is C24H32N4O2S. The van der Waals surface area contributed by atoms with Crippen LogP contribution < -0.4 is 5.32 Å². The second kappa shape index (κ2) is 9.81. The van der Waals surface area contributed by atoms with Gasteiger partial charge in [-0.15, -0.1) is 11.3 Å². The molecule has 1 aromatic heterocycles. The first kappa shape index (κ1) is 21.8. The van der Waals surface area contributed by atoms with Gasteiger partial charge in [0.1, 0.15) is 0 Å². The summed E-state index contributed by atoms with van der Waals surface area (Å²) in [5.41, 5.74) is 3.08. The molecule has 0 spiro atoms. The zero-order chi connectivity index (χ0) is 21.8. The summed E-state index contributed by atoms with van der Waals surface area (Å²) in [6.45, 7) is 7.01. The molecule has 0 saturated carbocycles. The van der Waals surface area contributed by atoms with Crippen molar-refractivity contribution in [2.75, 3.05) is 31.5 Å². The molecule has 7 heteroatoms. The number of aromatic nitrogens is 1. The van der Waals surface area contributed by atoms with Crippen molar-refractivity contribution in [1.29, 1.82) is 0 Å². The molecule has 2 aliphatic rings. The Kier molecular flexibility index (Phi) is 6.90. The largest absolute Gasteiger partial charge is 0.342 e. The molecule has 1 aromatic carbocycles. The van der Waals surface area contributed by atoms with E-state index in [-0.39, 0.29) is 17.9 Å². The van der Waals surface area contributed by atoms with Crippen molar-refractivity contribution in [3.63, 3.8) is 0 Å². The summed E-state index contributed by atoms with van der Waals surface area (Å²) < 4.78 is 0. The summed E-state index contributed by atoms with van der Waals surface area (Å²) in [5.74, 6) is 0.642. The van der Waals surface area contributed by atoms with Crippen LogP contribution in [0, 0.1) is 12.8 Å². The highest BCUT2D eigenvalue weighted by molar-refractivity contribution is 7.09. The molecule has 0 bridgehead atoms. The number of amides is 3. The van der Waals surface area contributed by atoms with Crippen LogP contribution in [0.5, 0.6) is 0 Å². The van der Waals surface area contributed by atoms with E-state index in [2.05, 4.69) is 17.6 Å². The lowest BCUT2D eigenvalue weighted by atomic mass is 9.92. The van der Waals surface area contributed by atoms with Crippen LogP contribution in [0.25, 0.3) is 0 Å². The van der Waals surface area contributed by atoms with Crippen LogP contribution in [0.3, 0.4) is 0 Å². The third-order valence-electron chi connectivity index (χ3n) is 6.41. The number of likely N-dealkylation sites (tertiary alicyclic amines) is 2. The van der Waals surface area contributed by atoms with Gasteiger partial charge >= 0.3 is 6.03 Å². The molecule has 31 heavy (non-hydrogen) atoms. The molecule has 3 heterocycles. The van der Waals surface area contributed by atoms with E-state index >= 15 is 0 Å². The summed E-state index contributed by atoms with van der Waals surface area (Å²) in [6.07, 6.45) is 4.58. The Hall–Kier alpha value is -2.41. The van der Waals surface area contributed by atoms with Crippen molar-refractivity contribution in [2.24, 2.45) is 5.92 Å². The Balaban J connectivity index is 1.29. The third kappa shape index (κ3) is 5.26. The normalized spacial score (nSPS) is 20.0. The number of carbonyl (C=O) groups excluding carboxylic acids is 2. The van der Waals surface area contributed by atoms with Crippen molar-refractivity contribution < 1.29 is 9.59 Å². The smallest absolute Gasteiger partial charge is 0.321 e. The number of piperidine rings is 2. The first-order chi connectivity index (χ1) is 15.0. The molecule has 1 atom stereocenters. The minimum absolute atomic E-state index is 0.0178. The molecule has 2 fully saturated rings. The van der Waals surface area contributed by atoms with Gasteiger partial charge in [-0.3, -0.25) is 4.79 Å². The molecule has 1 N–H and O–H groups in total. The average molecular weight is 441 g/mol. The number of carbonyl (C=O) groups is 2. The highest BCUT2D eigenvalue weighted by Crippen LogP contribution is 2.31. The van der Waals surface area contributed by atoms with E-state index in [1.54, 1.807) is 11.3 Å². The van der Waals surface area contributed by atoms with E-state index in [0.29, 0.717) is 19.0 Å². The summed E-state index contributed by atoms with van der Waals surface area (Å²) in [5, 5.41) is 6.30. The Morgan fingerprint density at radius 2 is 1.97 bits per heavy atom. The molecule has 1 unspecified atom stereocenters. The Labute approximate surface area is 188 Å². The third-order valence-corrected chi connectivity index (χ3v) is 7.47. The molecule has 3 amide bonds. The number of hydrogen-bond donors (Lipinski definition) is 1. The number of hydrogen-bond acceptors (Lipinski definition) is 4. The van der Waals surface area contributed by atoms with E-state index in [4.69, 9.17) is 4.98 Å². The van der Waals surface area contributed by atoms with Gasteiger partial charge in [-0.1, -0.05) is 19.1 Å². The average Bonchev–Trinajstić information content (AvgIpc) is 3.28. The maximum absolute atomic E-state index is 13.2. The first-order valence-corrected chi connectivity index (χ1v) is 12.3. The molecule has 2 aliphatic heterocycles. The van der Waals surface area contributed by atoms with E-state index < -0.39 is 0 Å². The van der Waals surface area contributed by atoms with Gasteiger partial charge in [0.15, 0.2) is 0 Å². The van der Waals surface area contributed by atoms with E-state index in [9.17, 15) is 9.59 Å². The van der Waals surface area contributed by atoms with E-state index in [0.717, 1.165) is 62.1 Å². The molecule has 0 radical (unpaired) electrons. The molecule has 2 saturated heterocycles. The van der Waals surface area contributed by atoms with E-state index in [1.807, 2.05) is 41.0 Å². The lowest BCUT2D eigenvalue weighted by Crippen LogP contribution is -2.47. The maximum Gasteiger partial charge on any atom is 0.321 e. The van der Waals surface area contributed by atoms with Gasteiger partial charge in [-0.2, -0.15) is 0 Å². The maximum atomic E-state index is 13.2. The first-order valence-electron chi connectivity index (χ1n) is 11.4. The fourth-order valence-electron chi connectivity index (χ4n) is 4.56. The molecule has 4 rings (SSSR count). The second-order valence-corrected chi connectivity index (χ2v) is 9.60. The van der Waals surface area contributed by atoms with Gasteiger partial charge < -0.3 is 15.1 Å². The van der Waals surface area contributed by atoms with Crippen LogP contribution in [-0.4, -0.2) is 52.9 Å². The Morgan fingerprint density at radius 3 is 2.68 bits per heavy atom. The number of urea groups is 1. The van der Waals surface area contributed by atoms with Crippen molar-refractivity contribution in [1.82, 2.24) is 14.8 Å². The molecule has 6 nitrogen and oxygen atoms in total. The van der Waals surface area contributed by atoms with Crippen LogP contribution >= 0.6 is 11.3 Å². The molecular weight excluding hydrogens is 408 g/mol. The number of rotatable bonds is 4. The number of nitrogens with zero attached hydrogens (tertiary/aromatic N) is 3. The van der Waals surface area contributed by atoms with E-state index in [1.165, 1.54) is 5.01 Å². The van der Waals surface area contributed by atoms with Crippen LogP contribution in [0.1, 0.15) is 54.8 Å². The number of thiazole rings is 1. The number of anilines is 1. The highest BCUT2D eigenvalue weighted by Gasteiger charge is 2.33. The number of nitrogens with one attached hydrogen (secondary N) is 1. The van der Waals surface area contributed by atoms with Crippen molar-refractivity contribution in [3.8, 4) is 0 Å². The minimum atomic E-state index is -0.0787. The quantitative estimate of drug-likeness (QED) is 0.752. The molecule has 2 aromatic rings. The predicted molar refractivity (Wildman–Crippen MR) is 125 cm³/mol.